The van der Waals surface area contributed by atoms with Crippen molar-refractivity contribution in [3.63, 3.8) is 0 Å². The van der Waals surface area contributed by atoms with Gasteiger partial charge in [-0.05, 0) is 18.6 Å². The van der Waals surface area contributed by atoms with Crippen molar-refractivity contribution < 1.29 is 9.47 Å². The standard InChI is InChI=1S/C20H27N5O2/c1-26-18-5-3-2-4-16(18)14-24-9-7-17(15-24)22-20-21-8-6-19(23-20)25-10-12-27-13-11-25/h2-6,8,17H,7,9-15H2,1H3,(H,21,22,23). The minimum atomic E-state index is 0.361. The summed E-state index contributed by atoms with van der Waals surface area (Å²) < 4.78 is 10.9. The maximum Gasteiger partial charge on any atom is 0.224 e. The lowest BCUT2D eigenvalue weighted by atomic mass is 10.2. The molecule has 1 atom stereocenters. The van der Waals surface area contributed by atoms with Gasteiger partial charge in [0.25, 0.3) is 0 Å². The first-order chi connectivity index (χ1) is 13.3. The molecule has 144 valence electrons. The first-order valence-electron chi connectivity index (χ1n) is 9.58. The van der Waals surface area contributed by atoms with Crippen molar-refractivity contribution in [3.05, 3.63) is 42.1 Å². The third-order valence-electron chi connectivity index (χ3n) is 5.17. The van der Waals surface area contributed by atoms with Crippen molar-refractivity contribution in [2.75, 3.05) is 56.7 Å². The lowest BCUT2D eigenvalue weighted by Gasteiger charge is -2.28. The molecule has 2 aliphatic rings. The molecule has 0 amide bonds. The summed E-state index contributed by atoms with van der Waals surface area (Å²) in [6, 6.07) is 10.6. The molecule has 1 aromatic heterocycles. The van der Waals surface area contributed by atoms with Gasteiger partial charge in [-0.1, -0.05) is 18.2 Å². The molecule has 0 spiro atoms. The van der Waals surface area contributed by atoms with E-state index < -0.39 is 0 Å². The van der Waals surface area contributed by atoms with Gasteiger partial charge in [0.2, 0.25) is 5.95 Å². The van der Waals surface area contributed by atoms with Crippen molar-refractivity contribution in [2.24, 2.45) is 0 Å². The molecule has 1 N–H and O–H groups in total. The van der Waals surface area contributed by atoms with Gasteiger partial charge in [-0.15, -0.1) is 0 Å². The zero-order valence-electron chi connectivity index (χ0n) is 15.8. The number of benzene rings is 1. The van der Waals surface area contributed by atoms with E-state index in [9.17, 15) is 0 Å². The van der Waals surface area contributed by atoms with Crippen LogP contribution in [0.2, 0.25) is 0 Å². The first kappa shape index (κ1) is 18.0. The number of ether oxygens (including phenoxy) is 2. The zero-order chi connectivity index (χ0) is 18.5. The summed E-state index contributed by atoms with van der Waals surface area (Å²) >= 11 is 0. The number of hydrogen-bond acceptors (Lipinski definition) is 7. The third-order valence-corrected chi connectivity index (χ3v) is 5.17. The lowest BCUT2D eigenvalue weighted by Crippen LogP contribution is -2.37. The molecule has 2 saturated heterocycles. The molecule has 2 aromatic rings. The highest BCUT2D eigenvalue weighted by Gasteiger charge is 2.24. The second kappa shape index (κ2) is 8.54. The van der Waals surface area contributed by atoms with Crippen molar-refractivity contribution in [1.29, 1.82) is 0 Å². The van der Waals surface area contributed by atoms with Crippen LogP contribution < -0.4 is 15.0 Å². The highest BCUT2D eigenvalue weighted by Crippen LogP contribution is 2.23. The van der Waals surface area contributed by atoms with E-state index in [1.165, 1.54) is 5.56 Å². The molecule has 0 aliphatic carbocycles. The van der Waals surface area contributed by atoms with Gasteiger partial charge in [-0.2, -0.15) is 4.98 Å². The van der Waals surface area contributed by atoms with Gasteiger partial charge in [-0.3, -0.25) is 4.90 Å². The van der Waals surface area contributed by atoms with Gasteiger partial charge in [0.1, 0.15) is 11.6 Å². The maximum atomic E-state index is 5.47. The Bertz CT molecular complexity index is 751. The van der Waals surface area contributed by atoms with Crippen LogP contribution in [0.15, 0.2) is 36.5 Å². The molecule has 7 heteroatoms. The molecule has 2 aliphatic heterocycles. The molecule has 0 bridgehead atoms. The summed E-state index contributed by atoms with van der Waals surface area (Å²) in [5.74, 6) is 2.64. The normalized spacial score (nSPS) is 20.6. The number of likely N-dealkylation sites (tertiary alicyclic amines) is 1. The van der Waals surface area contributed by atoms with E-state index in [1.807, 2.05) is 24.4 Å². The molecule has 1 aromatic carbocycles. The molecule has 27 heavy (non-hydrogen) atoms. The average molecular weight is 369 g/mol. The van der Waals surface area contributed by atoms with E-state index >= 15 is 0 Å². The number of nitrogens with one attached hydrogen (secondary N) is 1. The summed E-state index contributed by atoms with van der Waals surface area (Å²) in [5.41, 5.74) is 1.23. The van der Waals surface area contributed by atoms with Crippen molar-refractivity contribution in [3.8, 4) is 5.75 Å². The van der Waals surface area contributed by atoms with E-state index in [-0.39, 0.29) is 0 Å². The summed E-state index contributed by atoms with van der Waals surface area (Å²) in [7, 11) is 1.73. The van der Waals surface area contributed by atoms with Crippen molar-refractivity contribution in [2.45, 2.75) is 19.0 Å². The highest BCUT2D eigenvalue weighted by atomic mass is 16.5. The van der Waals surface area contributed by atoms with Gasteiger partial charge in [0.15, 0.2) is 0 Å². The Morgan fingerprint density at radius 3 is 2.89 bits per heavy atom. The first-order valence-corrected chi connectivity index (χ1v) is 9.58. The van der Waals surface area contributed by atoms with Crippen LogP contribution in [0.1, 0.15) is 12.0 Å². The molecule has 1 unspecified atom stereocenters. The molecular formula is C20H27N5O2. The highest BCUT2D eigenvalue weighted by molar-refractivity contribution is 5.43. The largest absolute Gasteiger partial charge is 0.496 e. The summed E-state index contributed by atoms with van der Waals surface area (Å²) in [6.45, 7) is 6.21. The quantitative estimate of drug-likeness (QED) is 0.836. The Morgan fingerprint density at radius 2 is 2.04 bits per heavy atom. The predicted molar refractivity (Wildman–Crippen MR) is 105 cm³/mol. The molecule has 0 radical (unpaired) electrons. The number of rotatable bonds is 6. The molecule has 4 rings (SSSR count). The maximum absolute atomic E-state index is 5.47. The third kappa shape index (κ3) is 4.48. The van der Waals surface area contributed by atoms with Crippen molar-refractivity contribution >= 4 is 11.8 Å². The Kier molecular flexibility index (Phi) is 5.69. The van der Waals surface area contributed by atoms with Gasteiger partial charge < -0.3 is 19.7 Å². The van der Waals surface area contributed by atoms with Gasteiger partial charge in [0.05, 0.1) is 20.3 Å². The number of morpholine rings is 1. The van der Waals surface area contributed by atoms with Crippen LogP contribution in [0, 0.1) is 0 Å². The van der Waals surface area contributed by atoms with Crippen LogP contribution in [0.4, 0.5) is 11.8 Å². The molecule has 2 fully saturated rings. The van der Waals surface area contributed by atoms with Crippen LogP contribution in [0.3, 0.4) is 0 Å². The second-order valence-electron chi connectivity index (χ2n) is 7.01. The summed E-state index contributed by atoms with van der Waals surface area (Å²) in [5, 5.41) is 3.51. The van der Waals surface area contributed by atoms with E-state index in [4.69, 9.17) is 14.5 Å². The van der Waals surface area contributed by atoms with Crippen LogP contribution in [0.25, 0.3) is 0 Å². The zero-order valence-corrected chi connectivity index (χ0v) is 15.8. The number of anilines is 2. The minimum Gasteiger partial charge on any atom is -0.496 e. The molecule has 3 heterocycles. The number of aromatic nitrogens is 2. The van der Waals surface area contributed by atoms with Crippen LogP contribution in [0.5, 0.6) is 5.75 Å². The van der Waals surface area contributed by atoms with Crippen LogP contribution >= 0.6 is 0 Å². The number of nitrogens with zero attached hydrogens (tertiary/aromatic N) is 4. The fourth-order valence-corrected chi connectivity index (χ4v) is 3.74. The van der Waals surface area contributed by atoms with Gasteiger partial charge in [-0.25, -0.2) is 4.98 Å². The Balaban J connectivity index is 1.34. The smallest absolute Gasteiger partial charge is 0.224 e. The van der Waals surface area contributed by atoms with E-state index in [2.05, 4.69) is 32.2 Å². The average Bonchev–Trinajstić information content (AvgIpc) is 3.16. The molecule has 7 nitrogen and oxygen atoms in total. The second-order valence-corrected chi connectivity index (χ2v) is 7.01. The topological polar surface area (TPSA) is 62.8 Å². The van der Waals surface area contributed by atoms with Crippen LogP contribution in [-0.4, -0.2) is 67.4 Å². The number of methoxy groups -OCH3 is 1. The van der Waals surface area contributed by atoms with Gasteiger partial charge >= 0.3 is 0 Å². The van der Waals surface area contributed by atoms with Crippen LogP contribution in [-0.2, 0) is 11.3 Å². The monoisotopic (exact) mass is 369 g/mol. The number of para-hydroxylation sites is 1. The molecule has 0 saturated carbocycles. The van der Waals surface area contributed by atoms with E-state index in [0.717, 1.165) is 63.9 Å². The Labute approximate surface area is 160 Å². The lowest BCUT2D eigenvalue weighted by molar-refractivity contribution is 0.122. The van der Waals surface area contributed by atoms with Gasteiger partial charge in [0, 0.05) is 50.5 Å². The SMILES string of the molecule is COc1ccccc1CN1CCC(Nc2nccc(N3CCOCC3)n2)C1. The summed E-state index contributed by atoms with van der Waals surface area (Å²) in [6.07, 6.45) is 2.92. The predicted octanol–water partition coefficient (Wildman–Crippen LogP) is 2.01. The molecular weight excluding hydrogens is 342 g/mol. The Hall–Kier alpha value is -2.38. The number of hydrogen-bond donors (Lipinski definition) is 1. The Morgan fingerprint density at radius 1 is 1.19 bits per heavy atom. The fourth-order valence-electron chi connectivity index (χ4n) is 3.74. The van der Waals surface area contributed by atoms with E-state index in [1.54, 1.807) is 7.11 Å². The summed E-state index contributed by atoms with van der Waals surface area (Å²) in [4.78, 5) is 13.8. The fraction of sp³-hybridized carbons (Fsp3) is 0.500. The van der Waals surface area contributed by atoms with Crippen molar-refractivity contribution in [1.82, 2.24) is 14.9 Å². The minimum absolute atomic E-state index is 0.361. The van der Waals surface area contributed by atoms with E-state index in [0.29, 0.717) is 12.0 Å².